The second kappa shape index (κ2) is 29.3. The Morgan fingerprint density at radius 2 is 1.62 bits per heavy atom. The van der Waals surface area contributed by atoms with Crippen molar-refractivity contribution in [2.75, 3.05) is 92.1 Å². The molecule has 0 spiro atoms. The minimum atomic E-state index is -4.02. The number of nitrogens with one attached hydrogen (secondary N) is 3. The summed E-state index contributed by atoms with van der Waals surface area (Å²) in [6.45, 7) is 7.66. The van der Waals surface area contributed by atoms with E-state index in [0.29, 0.717) is 91.1 Å². The maximum absolute atomic E-state index is 12.3. The van der Waals surface area contributed by atoms with Gasteiger partial charge in [-0.3, -0.25) is 9.05 Å². The zero-order chi connectivity index (χ0) is 45.2. The lowest BCUT2D eigenvalue weighted by molar-refractivity contribution is 0.0372. The highest BCUT2D eigenvalue weighted by Gasteiger charge is 2.37. The van der Waals surface area contributed by atoms with Crippen molar-refractivity contribution in [1.29, 1.82) is 0 Å². The number of phosphoric acid groups is 1. The molecule has 1 aromatic carbocycles. The molecule has 1 saturated heterocycles. The first-order valence-electron chi connectivity index (χ1n) is 21.3. The second-order valence-corrected chi connectivity index (χ2v) is 19.8. The van der Waals surface area contributed by atoms with Gasteiger partial charge in [-0.2, -0.15) is 5.82 Å². The Balaban J connectivity index is 0.863. The van der Waals surface area contributed by atoms with Crippen LogP contribution in [-0.2, 0) is 46.8 Å². The molecular formula is C42H63BN3O14PS2. The topological polar surface area (TPSA) is 208 Å². The van der Waals surface area contributed by atoms with Gasteiger partial charge in [-0.05, 0) is 75.0 Å². The standard InChI is InChI=1S/C42H63BN3O14PS2/c1-42(2,63-62-31-55-22-8-9-23-56-39(47)44-19-10-18-43-38-16-15-32(60-38)29-59-61(50,51)52-3)17-24-57-40(48)45-20-25-53-27-28-54-26-21-46-41(49)58-30-37-35-13-6-4-11-33(35)34-12-5-7-14-36(34)37/h4-7,11-13,32,36-38,43H,8-9,14-17,19-31H2,1-3H3,(H,44,47)(H,45,48)(H,46,49)(H,50,51)/t32-,36?,37?,38+/m0/s1. The monoisotopic (exact) mass is 939 g/mol. The van der Waals surface area contributed by atoms with E-state index in [2.05, 4.69) is 76.4 Å². The van der Waals surface area contributed by atoms with E-state index in [1.54, 1.807) is 21.6 Å². The lowest BCUT2D eigenvalue weighted by atomic mass is 9.71. The van der Waals surface area contributed by atoms with E-state index in [1.165, 1.54) is 16.7 Å². The van der Waals surface area contributed by atoms with Crippen LogP contribution in [0.4, 0.5) is 14.4 Å². The zero-order valence-corrected chi connectivity index (χ0v) is 39.0. The minimum absolute atomic E-state index is 0.0266. The number of unbranched alkanes of at least 4 members (excludes halogenated alkanes) is 1. The van der Waals surface area contributed by atoms with E-state index in [-0.39, 0.29) is 49.1 Å². The Labute approximate surface area is 379 Å². The number of carbonyl (C=O) groups is 3. The smallest absolute Gasteiger partial charge is 0.450 e. The van der Waals surface area contributed by atoms with Gasteiger partial charge in [0.25, 0.3) is 0 Å². The molecule has 1 aliphatic heterocycles. The number of hydrogen-bond acceptors (Lipinski definition) is 15. The number of alkyl carbamates (subject to hydrolysis) is 3. The fraction of sp³-hybridized carbons (Fsp3) is 0.643. The van der Waals surface area contributed by atoms with Crippen molar-refractivity contribution in [3.8, 4) is 11.7 Å². The van der Waals surface area contributed by atoms with Crippen LogP contribution in [-0.4, -0.2) is 139 Å². The van der Waals surface area contributed by atoms with E-state index >= 15 is 0 Å². The van der Waals surface area contributed by atoms with Crippen LogP contribution in [0.15, 0.2) is 42.5 Å². The third-order valence-electron chi connectivity index (χ3n) is 10.1. The summed E-state index contributed by atoms with van der Waals surface area (Å²) in [5, 5.41) is 8.01. The molecule has 0 radical (unpaired) electrons. The maximum Gasteiger partial charge on any atom is 0.472 e. The SMILES string of the molecule is COP(=O)(O)OC[C@@H]1CC[C@H](BC#CCNC(=O)OCCCCOCSSC(C)(C)CCOC(=O)NCCOCCOCCNC(=O)OCC2c3ccccc3C3=CC=CCC32)O1. The third-order valence-corrected chi connectivity index (χ3v) is 14.0. The number of allylic oxidation sites excluding steroid dienone is 4. The first kappa shape index (κ1) is 52.4. The van der Waals surface area contributed by atoms with E-state index in [1.807, 2.05) is 12.1 Å². The predicted octanol–water partition coefficient (Wildman–Crippen LogP) is 5.93. The van der Waals surface area contributed by atoms with E-state index in [9.17, 15) is 23.8 Å². The van der Waals surface area contributed by atoms with Crippen molar-refractivity contribution in [3.63, 3.8) is 0 Å². The molecule has 0 bridgehead atoms. The van der Waals surface area contributed by atoms with Crippen LogP contribution in [0.1, 0.15) is 69.4 Å². The van der Waals surface area contributed by atoms with Crippen LogP contribution in [0.5, 0.6) is 0 Å². The molecule has 63 heavy (non-hydrogen) atoms. The van der Waals surface area contributed by atoms with Crippen molar-refractivity contribution < 1.29 is 66.0 Å². The van der Waals surface area contributed by atoms with Crippen LogP contribution in [0.25, 0.3) is 5.57 Å². The maximum atomic E-state index is 12.3. The molecular weight excluding hydrogens is 876 g/mol. The number of rotatable bonds is 29. The van der Waals surface area contributed by atoms with E-state index in [4.69, 9.17) is 37.7 Å². The molecule has 5 atom stereocenters. The van der Waals surface area contributed by atoms with Crippen LogP contribution in [0, 0.1) is 17.7 Å². The highest BCUT2D eigenvalue weighted by molar-refractivity contribution is 8.77. The van der Waals surface area contributed by atoms with Crippen LogP contribution in [0.3, 0.4) is 0 Å². The van der Waals surface area contributed by atoms with E-state index in [0.717, 1.165) is 26.4 Å². The van der Waals surface area contributed by atoms with Gasteiger partial charge in [0.1, 0.15) is 12.5 Å². The normalized spacial score (nSPS) is 19.7. The lowest BCUT2D eigenvalue weighted by Gasteiger charge is -2.22. The molecule has 4 N–H and O–H groups in total. The Morgan fingerprint density at radius 3 is 2.40 bits per heavy atom. The Kier molecular flexibility index (Phi) is 24.4. The third kappa shape index (κ3) is 21.1. The summed E-state index contributed by atoms with van der Waals surface area (Å²) in [6, 6.07) is 8.24. The number of hydrogen-bond donors (Lipinski definition) is 4. The summed E-state index contributed by atoms with van der Waals surface area (Å²) in [5.74, 6) is 6.81. The highest BCUT2D eigenvalue weighted by atomic mass is 33.1. The van der Waals surface area contributed by atoms with Crippen molar-refractivity contribution in [2.24, 2.45) is 5.92 Å². The molecule has 3 aliphatic rings. The largest absolute Gasteiger partial charge is 0.472 e. The van der Waals surface area contributed by atoms with Crippen LogP contribution in [0.2, 0.25) is 0 Å². The van der Waals surface area contributed by atoms with Crippen LogP contribution >= 0.6 is 29.4 Å². The van der Waals surface area contributed by atoms with Crippen LogP contribution < -0.4 is 16.0 Å². The van der Waals surface area contributed by atoms with Gasteiger partial charge in [0, 0.05) is 43.5 Å². The van der Waals surface area contributed by atoms with Crippen molar-refractivity contribution in [3.05, 3.63) is 53.6 Å². The predicted molar refractivity (Wildman–Crippen MR) is 244 cm³/mol. The summed E-state index contributed by atoms with van der Waals surface area (Å²) in [4.78, 5) is 45.6. The average molecular weight is 940 g/mol. The first-order valence-corrected chi connectivity index (χ1v) is 25.1. The number of benzene rings is 1. The summed E-state index contributed by atoms with van der Waals surface area (Å²) < 4.78 is 59.0. The highest BCUT2D eigenvalue weighted by Crippen LogP contribution is 2.49. The quantitative estimate of drug-likeness (QED) is 0.0140. The van der Waals surface area contributed by atoms with Gasteiger partial charge >= 0.3 is 26.1 Å². The fourth-order valence-electron chi connectivity index (χ4n) is 6.74. The Bertz CT molecular complexity index is 1750. The van der Waals surface area contributed by atoms with Gasteiger partial charge in [0.15, 0.2) is 0 Å². The first-order chi connectivity index (χ1) is 30.5. The number of amides is 3. The van der Waals surface area contributed by atoms with Gasteiger partial charge in [0.2, 0.25) is 7.28 Å². The summed E-state index contributed by atoms with van der Waals surface area (Å²) in [6.07, 6.45) is 9.10. The molecule has 17 nitrogen and oxygen atoms in total. The molecule has 0 saturated carbocycles. The Morgan fingerprint density at radius 1 is 0.905 bits per heavy atom. The van der Waals surface area contributed by atoms with Crippen molar-refractivity contribution >= 4 is 60.5 Å². The number of phosphoric ester groups is 1. The van der Waals surface area contributed by atoms with E-state index < -0.39 is 26.1 Å². The van der Waals surface area contributed by atoms with Crippen molar-refractivity contribution in [1.82, 2.24) is 16.0 Å². The molecule has 3 unspecified atom stereocenters. The number of fused-ring (bicyclic) bond motifs is 3. The molecule has 0 aromatic heterocycles. The van der Waals surface area contributed by atoms with Gasteiger partial charge in [-0.15, -0.1) is 0 Å². The Hall–Kier alpha value is -3.22. The molecule has 1 fully saturated rings. The fourth-order valence-corrected chi connectivity index (χ4v) is 9.48. The van der Waals surface area contributed by atoms with Gasteiger partial charge in [-0.1, -0.05) is 70.0 Å². The van der Waals surface area contributed by atoms with Gasteiger partial charge < -0.3 is 54.0 Å². The van der Waals surface area contributed by atoms with Gasteiger partial charge in [0.05, 0.1) is 58.9 Å². The average Bonchev–Trinajstić information content (AvgIpc) is 3.86. The number of ether oxygens (including phenoxy) is 7. The molecule has 350 valence electrons. The molecule has 4 rings (SSSR count). The summed E-state index contributed by atoms with van der Waals surface area (Å²) in [7, 11) is 0.814. The van der Waals surface area contributed by atoms with Gasteiger partial charge in [-0.25, -0.2) is 18.9 Å². The zero-order valence-electron chi connectivity index (χ0n) is 36.5. The van der Waals surface area contributed by atoms with Crippen molar-refractivity contribution in [2.45, 2.75) is 75.1 Å². The second-order valence-electron chi connectivity index (χ2n) is 15.3. The molecule has 2 aliphatic carbocycles. The summed E-state index contributed by atoms with van der Waals surface area (Å²) in [5.41, 5.74) is 3.80. The molecule has 1 aromatic rings. The minimum Gasteiger partial charge on any atom is -0.450 e. The molecule has 1 heterocycles. The summed E-state index contributed by atoms with van der Waals surface area (Å²) >= 11 is 0. The number of carbonyl (C=O) groups excluding carboxylic acids is 3. The molecule has 3 amide bonds. The molecule has 21 heteroatoms. The lowest BCUT2D eigenvalue weighted by Crippen LogP contribution is -2.30.